The van der Waals surface area contributed by atoms with E-state index in [1.165, 1.54) is 26.8 Å². The lowest BCUT2D eigenvalue weighted by Crippen LogP contribution is -2.08. The van der Waals surface area contributed by atoms with Gasteiger partial charge in [-0.25, -0.2) is 0 Å². The zero-order chi connectivity index (χ0) is 42.8. The fourth-order valence-corrected chi connectivity index (χ4v) is 5.40. The second kappa shape index (κ2) is 22.5. The first-order chi connectivity index (χ1) is 27.6. The van der Waals surface area contributed by atoms with Crippen LogP contribution in [0.5, 0.6) is 28.7 Å². The van der Waals surface area contributed by atoms with Crippen LogP contribution in [0, 0.1) is 0 Å². The summed E-state index contributed by atoms with van der Waals surface area (Å²) in [6, 6.07) is 22.3. The Hall–Kier alpha value is -6.99. The number of aromatic nitrogens is 2. The number of phenols is 4. The molecule has 0 saturated heterocycles. The van der Waals surface area contributed by atoms with Gasteiger partial charge < -0.3 is 45.7 Å². The molecule has 0 fully saturated rings. The smallest absolute Gasteiger partial charge is 0.311 e. The first-order valence-electron chi connectivity index (χ1n) is 18.4. The fraction of sp³-hybridized carbons (Fsp3) is 0.222. The lowest BCUT2D eigenvalue weighted by molar-refractivity contribution is -0.134. The molecular weight excluding hydrogens is 743 g/mol. The second-order valence-electron chi connectivity index (χ2n) is 13.3. The van der Waals surface area contributed by atoms with Crippen molar-refractivity contribution >= 4 is 57.0 Å². The fourth-order valence-electron chi connectivity index (χ4n) is 5.40. The van der Waals surface area contributed by atoms with E-state index in [0.717, 1.165) is 57.0 Å². The maximum Gasteiger partial charge on any atom is 0.311 e. The number of esters is 1. The van der Waals surface area contributed by atoms with Crippen LogP contribution in [0.25, 0.3) is 27.9 Å². The van der Waals surface area contributed by atoms with Gasteiger partial charge in [0.05, 0.1) is 0 Å². The number of carbonyl (C=O) groups excluding carboxylic acids is 5. The molecule has 0 aliphatic carbocycles. The van der Waals surface area contributed by atoms with Crippen LogP contribution in [0.15, 0.2) is 97.3 Å². The number of nitrogens with two attached hydrogens (primary N) is 1. The van der Waals surface area contributed by atoms with Crippen molar-refractivity contribution in [2.45, 2.75) is 59.8 Å². The molecule has 0 aliphatic heterocycles. The van der Waals surface area contributed by atoms with Crippen molar-refractivity contribution in [2.75, 3.05) is 6.54 Å². The monoisotopic (exact) mass is 791 g/mol. The van der Waals surface area contributed by atoms with Gasteiger partial charge in [-0.1, -0.05) is 36.4 Å². The third kappa shape index (κ3) is 14.9. The molecule has 0 atom stereocenters. The second-order valence-corrected chi connectivity index (χ2v) is 13.3. The number of hydrogen-bond donors (Lipinski definition) is 7. The third-order valence-electron chi connectivity index (χ3n) is 8.29. The van der Waals surface area contributed by atoms with Gasteiger partial charge in [0.1, 0.15) is 23.1 Å². The number of aromatic amines is 2. The number of ketones is 4. The summed E-state index contributed by atoms with van der Waals surface area (Å²) in [5.74, 6) is -1.16. The van der Waals surface area contributed by atoms with Gasteiger partial charge in [0.2, 0.25) is 0 Å². The number of hydrogen-bond acceptors (Lipinski definition) is 11. The number of carbonyl (C=O) groups is 5. The zero-order valence-corrected chi connectivity index (χ0v) is 32.9. The topological polar surface area (TPSA) is 233 Å². The van der Waals surface area contributed by atoms with Crippen molar-refractivity contribution in [1.82, 2.24) is 9.97 Å². The molecule has 2 heterocycles. The van der Waals surface area contributed by atoms with E-state index in [4.69, 9.17) is 30.9 Å². The summed E-state index contributed by atoms with van der Waals surface area (Å²) >= 11 is 0. The van der Waals surface area contributed by atoms with Crippen LogP contribution in [0.4, 0.5) is 0 Å². The van der Waals surface area contributed by atoms with Crippen molar-refractivity contribution < 1.29 is 49.1 Å². The average Bonchev–Trinajstić information content (AvgIpc) is 3.77. The summed E-state index contributed by atoms with van der Waals surface area (Å²) in [4.78, 5) is 61.1. The Morgan fingerprint density at radius 3 is 1.91 bits per heavy atom. The molecule has 0 bridgehead atoms. The van der Waals surface area contributed by atoms with E-state index in [1.54, 1.807) is 43.3 Å². The molecule has 8 N–H and O–H groups in total. The molecule has 0 radical (unpaired) electrons. The van der Waals surface area contributed by atoms with Gasteiger partial charge in [-0.2, -0.15) is 0 Å². The van der Waals surface area contributed by atoms with Crippen LogP contribution in [-0.2, 0) is 32.0 Å². The predicted octanol–water partition coefficient (Wildman–Crippen LogP) is 7.63. The predicted molar refractivity (Wildman–Crippen MR) is 223 cm³/mol. The Bertz CT molecular complexity index is 2350. The average molecular weight is 792 g/mol. The van der Waals surface area contributed by atoms with Gasteiger partial charge in [-0.3, -0.25) is 19.2 Å². The number of benzene rings is 4. The van der Waals surface area contributed by atoms with E-state index in [1.807, 2.05) is 48.8 Å². The summed E-state index contributed by atoms with van der Waals surface area (Å²) in [5, 5.41) is 38.0. The van der Waals surface area contributed by atoms with Crippen LogP contribution >= 0.6 is 0 Å². The maximum atomic E-state index is 11.7. The van der Waals surface area contributed by atoms with E-state index >= 15 is 0 Å². The zero-order valence-electron chi connectivity index (χ0n) is 32.9. The number of allylic oxidation sites excluding steroid dienone is 1. The number of Topliss-reactive ketones (excluding diaryl/α,β-unsaturated/α-hetero) is 3. The van der Waals surface area contributed by atoms with Crippen LogP contribution < -0.4 is 10.5 Å². The summed E-state index contributed by atoms with van der Waals surface area (Å²) in [6.45, 7) is 6.50. The minimum atomic E-state index is -0.611. The van der Waals surface area contributed by atoms with Crippen molar-refractivity contribution in [3.63, 3.8) is 0 Å². The minimum absolute atomic E-state index is 0.0167. The quantitative estimate of drug-likeness (QED) is 0.0209. The normalized spacial score (nSPS) is 10.4. The Kier molecular flexibility index (Phi) is 17.6. The van der Waals surface area contributed by atoms with Gasteiger partial charge in [0.15, 0.2) is 28.8 Å². The number of ether oxygens (including phenoxy) is 1. The number of fused-ring (bicyclic) bond motifs is 2. The van der Waals surface area contributed by atoms with E-state index in [0.29, 0.717) is 31.6 Å². The highest BCUT2D eigenvalue weighted by atomic mass is 16.5. The molecule has 0 spiro atoms. The van der Waals surface area contributed by atoms with Gasteiger partial charge in [0, 0.05) is 59.0 Å². The molecule has 0 saturated carbocycles. The molecular formula is C45H49N3O10. The number of aromatic hydroxyl groups is 4. The van der Waals surface area contributed by atoms with Crippen LogP contribution in [-0.4, -0.2) is 66.0 Å². The van der Waals surface area contributed by atoms with Gasteiger partial charge >= 0.3 is 5.97 Å². The highest BCUT2D eigenvalue weighted by Gasteiger charge is 2.11. The molecule has 13 heteroatoms. The number of H-pyrrole nitrogens is 2. The molecule has 13 nitrogen and oxygen atoms in total. The first kappa shape index (κ1) is 45.4. The Labute approximate surface area is 335 Å². The lowest BCUT2D eigenvalue weighted by atomic mass is 10.1. The van der Waals surface area contributed by atoms with Crippen molar-refractivity contribution in [3.05, 3.63) is 120 Å². The number of nitrogens with one attached hydrogen (secondary N) is 2. The molecule has 2 aromatic heterocycles. The first-order valence-corrected chi connectivity index (χ1v) is 18.4. The summed E-state index contributed by atoms with van der Waals surface area (Å²) in [7, 11) is 0. The van der Waals surface area contributed by atoms with Gasteiger partial charge in [0.25, 0.3) is 0 Å². The largest absolute Gasteiger partial charge is 0.508 e. The van der Waals surface area contributed by atoms with Gasteiger partial charge in [-0.05, 0) is 118 Å². The van der Waals surface area contributed by atoms with E-state index in [-0.39, 0.29) is 46.8 Å². The maximum absolute atomic E-state index is 11.7. The van der Waals surface area contributed by atoms with Crippen LogP contribution in [0.3, 0.4) is 0 Å². The van der Waals surface area contributed by atoms with Crippen LogP contribution in [0.2, 0.25) is 0 Å². The Morgan fingerprint density at radius 1 is 0.707 bits per heavy atom. The Balaban J connectivity index is 0.000000214. The highest BCUT2D eigenvalue weighted by Crippen LogP contribution is 2.35. The summed E-state index contributed by atoms with van der Waals surface area (Å²) in [6.07, 6.45) is 9.52. The number of rotatable bonds is 12. The van der Waals surface area contributed by atoms with Crippen molar-refractivity contribution in [2.24, 2.45) is 5.73 Å². The molecule has 6 rings (SSSR count). The van der Waals surface area contributed by atoms with Crippen molar-refractivity contribution in [1.29, 1.82) is 0 Å². The SMILES string of the molecule is CC(=O)/C=C/c1ccc(O)cc1.CC(=O)CCCC(=O)Oc1ccc2[nH]cc(CCN)c2c1.CC(=O)Cc1c[nH]c2ccccc12.CC(=O)c1cc(O)c(O)c(O)c1. The number of para-hydroxylation sites is 1. The molecule has 4 aromatic carbocycles. The molecule has 6 aromatic rings. The van der Waals surface area contributed by atoms with Crippen molar-refractivity contribution in [3.8, 4) is 28.7 Å². The van der Waals surface area contributed by atoms with Gasteiger partial charge in [-0.15, -0.1) is 0 Å². The van der Waals surface area contributed by atoms with Crippen LogP contribution in [0.1, 0.15) is 74.0 Å². The molecule has 0 unspecified atom stereocenters. The highest BCUT2D eigenvalue weighted by molar-refractivity contribution is 5.95. The third-order valence-corrected chi connectivity index (χ3v) is 8.29. The molecule has 304 valence electrons. The Morgan fingerprint density at radius 2 is 1.33 bits per heavy atom. The summed E-state index contributed by atoms with van der Waals surface area (Å²) < 4.78 is 5.31. The summed E-state index contributed by atoms with van der Waals surface area (Å²) in [5.41, 5.74) is 10.9. The molecule has 58 heavy (non-hydrogen) atoms. The molecule has 0 amide bonds. The number of phenolic OH excluding ortho intramolecular Hbond substituents is 4. The lowest BCUT2D eigenvalue weighted by Gasteiger charge is -2.05. The van der Waals surface area contributed by atoms with E-state index < -0.39 is 17.2 Å². The van der Waals surface area contributed by atoms with E-state index in [2.05, 4.69) is 9.97 Å². The standard InChI is InChI=1S/C16H20N2O3.C11H11NO.C10H10O2.C8H8O4/c1-11(19)3-2-4-16(20)21-13-5-6-15-14(9-13)12(7-8-17)10-18-15;1-8(13)6-9-7-12-11-5-3-2-4-10(9)11;1-8(11)2-3-9-4-6-10(12)7-5-9;1-4(9)5-2-6(10)8(12)7(11)3-5/h5-6,9-10,18H,2-4,7-8,17H2,1H3;2-5,7,12H,6H2,1H3;2-7,12H,1H3;2-3,10-12H,1H3/b;;3-2+;. The van der Waals surface area contributed by atoms with E-state index in [9.17, 15) is 24.0 Å². The molecule has 0 aliphatic rings. The minimum Gasteiger partial charge on any atom is -0.508 e.